The van der Waals surface area contributed by atoms with Gasteiger partial charge in [0, 0.05) is 43.9 Å². The SMILES string of the molecule is C[C@@H]1CN([C@H](C)CO)C(=O)c2cc(NS(=O)(=O)c3ccccc3)ccc2O[C@@H](C)CCCCO[C@H]1CN(C)C(=O)c1ccccc1. The van der Waals surface area contributed by atoms with E-state index >= 15 is 0 Å². The lowest BCUT2D eigenvalue weighted by atomic mass is 10.0. The first-order chi connectivity index (χ1) is 22.0. The Morgan fingerprint density at radius 2 is 1.72 bits per heavy atom. The van der Waals surface area contributed by atoms with Crippen LogP contribution in [0.15, 0.2) is 83.8 Å². The third-order valence-corrected chi connectivity index (χ3v) is 9.58. The largest absolute Gasteiger partial charge is 0.490 e. The number of rotatable bonds is 8. The van der Waals surface area contributed by atoms with Gasteiger partial charge in [-0.25, -0.2) is 8.42 Å². The van der Waals surface area contributed by atoms with Gasteiger partial charge in [-0.1, -0.05) is 43.3 Å². The fourth-order valence-electron chi connectivity index (χ4n) is 5.42. The van der Waals surface area contributed by atoms with Gasteiger partial charge >= 0.3 is 0 Å². The van der Waals surface area contributed by atoms with Crippen molar-refractivity contribution >= 4 is 27.5 Å². The highest BCUT2D eigenvalue weighted by Crippen LogP contribution is 2.29. The number of benzene rings is 3. The molecule has 0 bridgehead atoms. The number of anilines is 1. The average molecular weight is 652 g/mol. The molecule has 3 aromatic carbocycles. The summed E-state index contributed by atoms with van der Waals surface area (Å²) in [6.07, 6.45) is 1.71. The molecule has 46 heavy (non-hydrogen) atoms. The number of hydrogen-bond donors (Lipinski definition) is 2. The van der Waals surface area contributed by atoms with Gasteiger partial charge in [-0.3, -0.25) is 14.3 Å². The number of amides is 2. The Hall–Kier alpha value is -3.93. The topological polar surface area (TPSA) is 125 Å². The van der Waals surface area contributed by atoms with Crippen molar-refractivity contribution in [1.29, 1.82) is 0 Å². The molecule has 1 aliphatic heterocycles. The van der Waals surface area contributed by atoms with E-state index in [1.165, 1.54) is 18.2 Å². The molecule has 11 heteroatoms. The van der Waals surface area contributed by atoms with Crippen molar-refractivity contribution < 1.29 is 32.6 Å². The lowest BCUT2D eigenvalue weighted by Gasteiger charge is -2.36. The van der Waals surface area contributed by atoms with Gasteiger partial charge in [0.25, 0.3) is 21.8 Å². The van der Waals surface area contributed by atoms with Crippen molar-refractivity contribution in [3.8, 4) is 5.75 Å². The smallest absolute Gasteiger partial charge is 0.261 e. The van der Waals surface area contributed by atoms with Gasteiger partial charge in [-0.05, 0) is 75.6 Å². The summed E-state index contributed by atoms with van der Waals surface area (Å²) in [5, 5.41) is 10.2. The number of carbonyl (C=O) groups is 2. The molecule has 3 aromatic rings. The van der Waals surface area contributed by atoms with Crippen LogP contribution in [0, 0.1) is 5.92 Å². The zero-order chi connectivity index (χ0) is 33.3. The van der Waals surface area contributed by atoms with Crippen LogP contribution in [-0.2, 0) is 14.8 Å². The zero-order valence-electron chi connectivity index (χ0n) is 27.0. The highest BCUT2D eigenvalue weighted by Gasteiger charge is 2.31. The number of fused-ring (bicyclic) bond motifs is 1. The minimum Gasteiger partial charge on any atom is -0.490 e. The summed E-state index contributed by atoms with van der Waals surface area (Å²) in [6, 6.07) is 21.1. The number of ether oxygens (including phenoxy) is 2. The minimum absolute atomic E-state index is 0.0948. The maximum Gasteiger partial charge on any atom is 0.261 e. The van der Waals surface area contributed by atoms with Crippen LogP contribution in [0.4, 0.5) is 5.69 Å². The molecule has 0 spiro atoms. The maximum atomic E-state index is 14.3. The first-order valence-electron chi connectivity index (χ1n) is 15.7. The molecule has 1 aliphatic rings. The van der Waals surface area contributed by atoms with Gasteiger partial charge in [-0.15, -0.1) is 0 Å². The van der Waals surface area contributed by atoms with Gasteiger partial charge in [-0.2, -0.15) is 0 Å². The van der Waals surface area contributed by atoms with Crippen LogP contribution >= 0.6 is 0 Å². The Morgan fingerprint density at radius 1 is 1.04 bits per heavy atom. The van der Waals surface area contributed by atoms with Gasteiger partial charge in [0.1, 0.15) is 5.75 Å². The standard InChI is InChI=1S/C35H45N3O7S/c1-25-22-38(26(2)24-39)35(41)31-21-29(36-46(42,43)30-16-9-6-10-17-30)18-19-32(31)45-27(3)13-11-12-20-44-33(25)23-37(4)34(40)28-14-7-5-8-15-28/h5-10,14-19,21,25-27,33,36,39H,11-13,20,22-24H2,1-4H3/t25-,26-,27+,33+/m1/s1. The summed E-state index contributed by atoms with van der Waals surface area (Å²) in [7, 11) is -2.17. The summed E-state index contributed by atoms with van der Waals surface area (Å²) in [4.78, 5) is 30.8. The maximum absolute atomic E-state index is 14.3. The molecule has 2 amide bonds. The van der Waals surface area contributed by atoms with Crippen LogP contribution in [0.1, 0.15) is 60.7 Å². The molecular formula is C35H45N3O7S. The number of aliphatic hydroxyl groups excluding tert-OH is 1. The second-order valence-corrected chi connectivity index (χ2v) is 13.7. The molecule has 0 saturated carbocycles. The summed E-state index contributed by atoms with van der Waals surface area (Å²) < 4.78 is 41.4. The summed E-state index contributed by atoms with van der Waals surface area (Å²) in [5.74, 6) is -0.435. The Morgan fingerprint density at radius 3 is 2.39 bits per heavy atom. The molecule has 0 radical (unpaired) electrons. The first-order valence-corrected chi connectivity index (χ1v) is 17.2. The Labute approximate surface area is 272 Å². The third kappa shape index (κ3) is 9.08. The lowest BCUT2D eigenvalue weighted by molar-refractivity contribution is -0.0149. The molecule has 0 fully saturated rings. The van der Waals surface area contributed by atoms with E-state index in [2.05, 4.69) is 4.72 Å². The number of aliphatic hydroxyl groups is 1. The van der Waals surface area contributed by atoms with Crippen LogP contribution < -0.4 is 9.46 Å². The molecule has 0 aromatic heterocycles. The van der Waals surface area contributed by atoms with Crippen LogP contribution in [0.2, 0.25) is 0 Å². The molecule has 1 heterocycles. The molecule has 0 unspecified atom stereocenters. The van der Waals surface area contributed by atoms with Gasteiger partial charge in [0.05, 0.1) is 35.3 Å². The second-order valence-electron chi connectivity index (χ2n) is 12.0. The highest BCUT2D eigenvalue weighted by atomic mass is 32.2. The Bertz CT molecular complexity index is 1550. The normalized spacial score (nSPS) is 20.5. The molecular weight excluding hydrogens is 606 g/mol. The molecule has 4 rings (SSSR count). The fourth-order valence-corrected chi connectivity index (χ4v) is 6.49. The highest BCUT2D eigenvalue weighted by molar-refractivity contribution is 7.92. The number of likely N-dealkylation sites (N-methyl/N-ethyl adjacent to an activating group) is 1. The third-order valence-electron chi connectivity index (χ3n) is 8.18. The Kier molecular flexibility index (Phi) is 12.2. The second kappa shape index (κ2) is 16.1. The van der Waals surface area contributed by atoms with Crippen molar-refractivity contribution in [1.82, 2.24) is 9.80 Å². The zero-order valence-corrected chi connectivity index (χ0v) is 27.8. The van der Waals surface area contributed by atoms with E-state index in [1.54, 1.807) is 66.2 Å². The predicted molar refractivity (Wildman–Crippen MR) is 178 cm³/mol. The molecule has 0 aliphatic carbocycles. The summed E-state index contributed by atoms with van der Waals surface area (Å²) in [6.45, 7) is 6.37. The summed E-state index contributed by atoms with van der Waals surface area (Å²) >= 11 is 0. The van der Waals surface area contributed by atoms with Crippen molar-refractivity contribution in [3.05, 3.63) is 90.0 Å². The van der Waals surface area contributed by atoms with Crippen LogP contribution in [-0.4, -0.2) is 86.7 Å². The van der Waals surface area contributed by atoms with Crippen molar-refractivity contribution in [2.24, 2.45) is 5.92 Å². The lowest BCUT2D eigenvalue weighted by Crippen LogP contribution is -2.48. The van der Waals surface area contributed by atoms with E-state index in [0.29, 0.717) is 30.9 Å². The Balaban J connectivity index is 1.66. The average Bonchev–Trinajstić information content (AvgIpc) is 3.06. The monoisotopic (exact) mass is 651 g/mol. The summed E-state index contributed by atoms with van der Waals surface area (Å²) in [5.41, 5.74) is 0.965. The number of nitrogens with one attached hydrogen (secondary N) is 1. The van der Waals surface area contributed by atoms with E-state index in [9.17, 15) is 23.1 Å². The van der Waals surface area contributed by atoms with Crippen LogP contribution in [0.5, 0.6) is 5.75 Å². The quantitative estimate of drug-likeness (QED) is 0.349. The number of sulfonamides is 1. The molecule has 10 nitrogen and oxygen atoms in total. The van der Waals surface area contributed by atoms with E-state index < -0.39 is 22.0 Å². The van der Waals surface area contributed by atoms with Crippen molar-refractivity contribution in [3.63, 3.8) is 0 Å². The van der Waals surface area contributed by atoms with Crippen LogP contribution in [0.3, 0.4) is 0 Å². The van der Waals surface area contributed by atoms with Gasteiger partial charge < -0.3 is 24.4 Å². The number of nitrogens with zero attached hydrogens (tertiary/aromatic N) is 2. The molecule has 4 atom stereocenters. The first kappa shape index (κ1) is 34.9. The number of hydrogen-bond acceptors (Lipinski definition) is 7. The van der Waals surface area contributed by atoms with E-state index in [0.717, 1.165) is 12.8 Å². The van der Waals surface area contributed by atoms with E-state index in [-0.39, 0.29) is 53.3 Å². The van der Waals surface area contributed by atoms with E-state index in [4.69, 9.17) is 9.47 Å². The van der Waals surface area contributed by atoms with Gasteiger partial charge in [0.2, 0.25) is 0 Å². The van der Waals surface area contributed by atoms with Gasteiger partial charge in [0.15, 0.2) is 0 Å². The fraction of sp³-hybridized carbons (Fsp3) is 0.429. The molecule has 248 valence electrons. The predicted octanol–water partition coefficient (Wildman–Crippen LogP) is 5.06. The van der Waals surface area contributed by atoms with Crippen molar-refractivity contribution in [2.75, 3.05) is 38.1 Å². The minimum atomic E-state index is -3.91. The van der Waals surface area contributed by atoms with Crippen molar-refractivity contribution in [2.45, 2.75) is 63.2 Å². The van der Waals surface area contributed by atoms with E-state index in [1.807, 2.05) is 32.0 Å². The number of carbonyl (C=O) groups excluding carboxylic acids is 2. The molecule has 0 saturated heterocycles. The van der Waals surface area contributed by atoms with Crippen LogP contribution in [0.25, 0.3) is 0 Å². The molecule has 2 N–H and O–H groups in total.